The lowest BCUT2D eigenvalue weighted by Gasteiger charge is -2.33. The average molecular weight is 306 g/mol. The SMILES string of the molecule is COc1ccc2c(c1)C(CC1C=CC=CC1)C(N)CC2.Cl. The molecule has 21 heavy (non-hydrogen) atoms. The van der Waals surface area contributed by atoms with Gasteiger partial charge in [0.25, 0.3) is 0 Å². The molecule has 0 spiro atoms. The van der Waals surface area contributed by atoms with Crippen molar-refractivity contribution in [3.63, 3.8) is 0 Å². The monoisotopic (exact) mass is 305 g/mol. The van der Waals surface area contributed by atoms with Crippen LogP contribution in [0.25, 0.3) is 0 Å². The summed E-state index contributed by atoms with van der Waals surface area (Å²) >= 11 is 0. The lowest BCUT2D eigenvalue weighted by Crippen LogP contribution is -2.34. The van der Waals surface area contributed by atoms with E-state index in [0.29, 0.717) is 11.8 Å². The van der Waals surface area contributed by atoms with Crippen molar-refractivity contribution in [2.45, 2.75) is 37.6 Å². The number of hydrogen-bond acceptors (Lipinski definition) is 2. The maximum absolute atomic E-state index is 6.42. The summed E-state index contributed by atoms with van der Waals surface area (Å²) in [6, 6.07) is 6.75. The summed E-state index contributed by atoms with van der Waals surface area (Å²) in [5, 5.41) is 0. The van der Waals surface area contributed by atoms with E-state index in [2.05, 4.69) is 42.5 Å². The number of allylic oxidation sites excluding steroid dienone is 4. The van der Waals surface area contributed by atoms with Crippen LogP contribution in [0.2, 0.25) is 0 Å². The van der Waals surface area contributed by atoms with Crippen molar-refractivity contribution < 1.29 is 4.74 Å². The van der Waals surface area contributed by atoms with Gasteiger partial charge in [0.15, 0.2) is 0 Å². The Labute approximate surface area is 133 Å². The fraction of sp³-hybridized carbons (Fsp3) is 0.444. The highest BCUT2D eigenvalue weighted by molar-refractivity contribution is 5.85. The minimum Gasteiger partial charge on any atom is -0.497 e. The smallest absolute Gasteiger partial charge is 0.119 e. The van der Waals surface area contributed by atoms with Crippen LogP contribution < -0.4 is 10.5 Å². The van der Waals surface area contributed by atoms with Gasteiger partial charge in [-0.15, -0.1) is 12.4 Å². The third-order valence-electron chi connectivity index (χ3n) is 4.64. The molecule has 0 radical (unpaired) electrons. The van der Waals surface area contributed by atoms with E-state index in [1.54, 1.807) is 7.11 Å². The zero-order valence-electron chi connectivity index (χ0n) is 12.5. The molecule has 1 aromatic rings. The summed E-state index contributed by atoms with van der Waals surface area (Å²) in [5.41, 5.74) is 9.28. The van der Waals surface area contributed by atoms with Gasteiger partial charge in [-0.1, -0.05) is 30.4 Å². The molecule has 3 unspecified atom stereocenters. The number of nitrogens with two attached hydrogens (primary N) is 1. The van der Waals surface area contributed by atoms with Gasteiger partial charge in [-0.3, -0.25) is 0 Å². The minimum atomic E-state index is 0. The third kappa shape index (κ3) is 3.50. The first-order valence-corrected chi connectivity index (χ1v) is 7.53. The molecule has 3 heteroatoms. The van der Waals surface area contributed by atoms with Crippen LogP contribution in [0.5, 0.6) is 5.75 Å². The topological polar surface area (TPSA) is 35.2 Å². The van der Waals surface area contributed by atoms with Gasteiger partial charge in [-0.25, -0.2) is 0 Å². The second-order valence-corrected chi connectivity index (χ2v) is 5.92. The number of aryl methyl sites for hydroxylation is 1. The Morgan fingerprint density at radius 2 is 2.14 bits per heavy atom. The maximum Gasteiger partial charge on any atom is 0.119 e. The normalized spacial score (nSPS) is 26.9. The second kappa shape index (κ2) is 7.15. The summed E-state index contributed by atoms with van der Waals surface area (Å²) in [6.45, 7) is 0. The molecule has 3 rings (SSSR count). The van der Waals surface area contributed by atoms with Gasteiger partial charge < -0.3 is 10.5 Å². The van der Waals surface area contributed by atoms with Gasteiger partial charge in [-0.05, 0) is 60.8 Å². The highest BCUT2D eigenvalue weighted by Crippen LogP contribution is 2.38. The summed E-state index contributed by atoms with van der Waals surface area (Å²) < 4.78 is 5.39. The number of fused-ring (bicyclic) bond motifs is 1. The number of rotatable bonds is 3. The molecule has 0 fully saturated rings. The Morgan fingerprint density at radius 3 is 2.86 bits per heavy atom. The van der Waals surface area contributed by atoms with Gasteiger partial charge in [0.05, 0.1) is 7.11 Å². The van der Waals surface area contributed by atoms with Crippen LogP contribution in [-0.2, 0) is 6.42 Å². The van der Waals surface area contributed by atoms with Crippen LogP contribution in [0.1, 0.15) is 36.3 Å². The quantitative estimate of drug-likeness (QED) is 0.916. The highest BCUT2D eigenvalue weighted by Gasteiger charge is 2.29. The summed E-state index contributed by atoms with van der Waals surface area (Å²) in [7, 11) is 1.73. The van der Waals surface area contributed by atoms with Crippen molar-refractivity contribution in [3.05, 3.63) is 53.6 Å². The molecule has 1 aromatic carbocycles. The van der Waals surface area contributed by atoms with Crippen molar-refractivity contribution >= 4 is 12.4 Å². The van der Waals surface area contributed by atoms with Crippen molar-refractivity contribution in [2.75, 3.05) is 7.11 Å². The van der Waals surface area contributed by atoms with E-state index < -0.39 is 0 Å². The van der Waals surface area contributed by atoms with E-state index in [0.717, 1.165) is 31.4 Å². The molecule has 2 aliphatic carbocycles. The predicted octanol–water partition coefficient (Wildman–Crippen LogP) is 4.00. The van der Waals surface area contributed by atoms with E-state index in [9.17, 15) is 0 Å². The van der Waals surface area contributed by atoms with Crippen LogP contribution >= 0.6 is 12.4 Å². The minimum absolute atomic E-state index is 0. The zero-order valence-corrected chi connectivity index (χ0v) is 13.3. The van der Waals surface area contributed by atoms with Gasteiger partial charge in [-0.2, -0.15) is 0 Å². The number of hydrogen-bond donors (Lipinski definition) is 1. The molecule has 0 aromatic heterocycles. The lowest BCUT2D eigenvalue weighted by molar-refractivity contribution is 0.392. The van der Waals surface area contributed by atoms with Crippen molar-refractivity contribution in [2.24, 2.45) is 11.7 Å². The molecular weight excluding hydrogens is 282 g/mol. The average Bonchev–Trinajstić information content (AvgIpc) is 2.51. The zero-order chi connectivity index (χ0) is 13.9. The highest BCUT2D eigenvalue weighted by atomic mass is 35.5. The van der Waals surface area contributed by atoms with Crippen LogP contribution in [-0.4, -0.2) is 13.2 Å². The number of benzene rings is 1. The fourth-order valence-corrected chi connectivity index (χ4v) is 3.46. The first-order chi connectivity index (χ1) is 9.78. The molecule has 0 saturated heterocycles. The largest absolute Gasteiger partial charge is 0.497 e. The van der Waals surface area contributed by atoms with Crippen LogP contribution in [0.3, 0.4) is 0 Å². The molecule has 0 amide bonds. The van der Waals surface area contributed by atoms with Gasteiger partial charge in [0, 0.05) is 6.04 Å². The van der Waals surface area contributed by atoms with E-state index in [1.807, 2.05) is 0 Å². The molecule has 0 aliphatic heterocycles. The molecule has 3 atom stereocenters. The maximum atomic E-state index is 6.42. The van der Waals surface area contributed by atoms with Crippen LogP contribution in [0.15, 0.2) is 42.5 Å². The molecule has 0 bridgehead atoms. The van der Waals surface area contributed by atoms with Gasteiger partial charge in [0.1, 0.15) is 5.75 Å². The number of ether oxygens (including phenoxy) is 1. The van der Waals surface area contributed by atoms with Crippen molar-refractivity contribution in [3.8, 4) is 5.75 Å². The first kappa shape index (κ1) is 16.1. The predicted molar refractivity (Wildman–Crippen MR) is 90.3 cm³/mol. The second-order valence-electron chi connectivity index (χ2n) is 5.92. The molecule has 2 N–H and O–H groups in total. The van der Waals surface area contributed by atoms with Gasteiger partial charge in [0.2, 0.25) is 0 Å². The first-order valence-electron chi connectivity index (χ1n) is 7.53. The standard InChI is InChI=1S/C18H23NO.ClH/c1-20-15-9-7-14-8-10-18(19)17(16(14)12-15)11-13-5-3-2-4-6-13;/h2-5,7,9,12-13,17-18H,6,8,10-11,19H2,1H3;1H. The third-order valence-corrected chi connectivity index (χ3v) is 4.64. The summed E-state index contributed by atoms with van der Waals surface area (Å²) in [6.07, 6.45) is 13.3. The Hall–Kier alpha value is -1.25. The van der Waals surface area contributed by atoms with E-state index in [1.165, 1.54) is 11.1 Å². The Bertz CT molecular complexity index is 538. The molecule has 0 saturated carbocycles. The Kier molecular flexibility index (Phi) is 5.49. The summed E-state index contributed by atoms with van der Waals surface area (Å²) in [5.74, 6) is 2.02. The van der Waals surface area contributed by atoms with E-state index in [-0.39, 0.29) is 18.4 Å². The van der Waals surface area contributed by atoms with Crippen molar-refractivity contribution in [1.29, 1.82) is 0 Å². The molecule has 2 nitrogen and oxygen atoms in total. The molecule has 0 heterocycles. The number of halogens is 1. The Morgan fingerprint density at radius 1 is 1.29 bits per heavy atom. The number of methoxy groups -OCH3 is 1. The molecule has 114 valence electrons. The summed E-state index contributed by atoms with van der Waals surface area (Å²) in [4.78, 5) is 0. The van der Waals surface area contributed by atoms with Crippen molar-refractivity contribution in [1.82, 2.24) is 0 Å². The van der Waals surface area contributed by atoms with Gasteiger partial charge >= 0.3 is 0 Å². The lowest BCUT2D eigenvalue weighted by atomic mass is 9.74. The van der Waals surface area contributed by atoms with Crippen LogP contribution in [0, 0.1) is 5.92 Å². The molecular formula is C18H24ClNO. The van der Waals surface area contributed by atoms with Crippen LogP contribution in [0.4, 0.5) is 0 Å². The molecule has 2 aliphatic rings. The van der Waals surface area contributed by atoms with E-state index in [4.69, 9.17) is 10.5 Å². The van der Waals surface area contributed by atoms with E-state index >= 15 is 0 Å². The fourth-order valence-electron chi connectivity index (χ4n) is 3.46. The Balaban J connectivity index is 0.00000161.